The van der Waals surface area contributed by atoms with Crippen molar-refractivity contribution in [1.82, 2.24) is 10.2 Å². The Morgan fingerprint density at radius 3 is 2.41 bits per heavy atom. The molecule has 0 aliphatic carbocycles. The Bertz CT molecular complexity index is 1480. The summed E-state index contributed by atoms with van der Waals surface area (Å²) >= 11 is 1.53. The molecule has 0 saturated carbocycles. The summed E-state index contributed by atoms with van der Waals surface area (Å²) in [6.07, 6.45) is 0.642. The van der Waals surface area contributed by atoms with Crippen molar-refractivity contribution in [2.45, 2.75) is 25.8 Å². The first-order valence-corrected chi connectivity index (χ1v) is 12.8. The van der Waals surface area contributed by atoms with E-state index in [1.807, 2.05) is 66.9 Å². The molecule has 4 aromatic rings. The van der Waals surface area contributed by atoms with Crippen molar-refractivity contribution in [3.8, 4) is 11.8 Å². The van der Waals surface area contributed by atoms with Crippen LogP contribution in [0.2, 0.25) is 0 Å². The van der Waals surface area contributed by atoms with Gasteiger partial charge in [-0.05, 0) is 59.1 Å². The van der Waals surface area contributed by atoms with E-state index in [1.165, 1.54) is 11.3 Å². The topological polar surface area (TPSA) is 86.7 Å². The number of urea groups is 1. The summed E-state index contributed by atoms with van der Waals surface area (Å²) in [6.45, 7) is 2.00. The first kappa shape index (κ1) is 25.7. The number of rotatable bonds is 7. The normalized spacial score (nSPS) is 11.3. The lowest BCUT2D eigenvalue weighted by Crippen LogP contribution is -2.51. The minimum absolute atomic E-state index is 0.115. The lowest BCUT2D eigenvalue weighted by Gasteiger charge is -2.23. The fourth-order valence-corrected chi connectivity index (χ4v) is 4.88. The molecule has 0 bridgehead atoms. The van der Waals surface area contributed by atoms with Crippen LogP contribution in [0, 0.1) is 11.8 Å². The Hall–Kier alpha value is -4.41. The van der Waals surface area contributed by atoms with Gasteiger partial charge in [0.05, 0.1) is 0 Å². The van der Waals surface area contributed by atoms with Crippen LogP contribution in [0.4, 0.5) is 4.79 Å². The van der Waals surface area contributed by atoms with Gasteiger partial charge in [0.25, 0.3) is 5.91 Å². The molecule has 6 nitrogen and oxygen atoms in total. The third-order valence-electron chi connectivity index (χ3n) is 5.75. The van der Waals surface area contributed by atoms with Gasteiger partial charge in [0.15, 0.2) is 0 Å². The Morgan fingerprint density at radius 1 is 0.946 bits per heavy atom. The molecule has 0 spiro atoms. The Labute approximate surface area is 219 Å². The standard InChI is InChI=1S/C30H26N2O4S/c1-2-17-32(28(33)23-12-8-11-22(18-23)16-15-21-9-4-3-5-10-21)30(36)31-26(29(34)35)19-24-20-37-27-14-7-6-13-25(24)27/h3-14,18,20,26H,2,17,19H2,1H3,(H,31,36)(H,34,35)/t26-/m0/s1. The van der Waals surface area contributed by atoms with E-state index in [0.717, 1.165) is 26.1 Å². The van der Waals surface area contributed by atoms with Crippen LogP contribution in [0.5, 0.6) is 0 Å². The fraction of sp³-hybridized carbons (Fsp3) is 0.167. The number of nitrogens with zero attached hydrogens (tertiary/aromatic N) is 1. The summed E-state index contributed by atoms with van der Waals surface area (Å²) in [5.41, 5.74) is 2.63. The van der Waals surface area contributed by atoms with Crippen molar-refractivity contribution in [1.29, 1.82) is 0 Å². The van der Waals surface area contributed by atoms with Crippen molar-refractivity contribution in [3.05, 3.63) is 106 Å². The van der Waals surface area contributed by atoms with Gasteiger partial charge in [-0.3, -0.25) is 9.69 Å². The Kier molecular flexibility index (Phi) is 8.34. The summed E-state index contributed by atoms with van der Waals surface area (Å²) in [7, 11) is 0. The van der Waals surface area contributed by atoms with Gasteiger partial charge in [-0.2, -0.15) is 0 Å². The maximum Gasteiger partial charge on any atom is 0.326 e. The summed E-state index contributed by atoms with van der Waals surface area (Å²) < 4.78 is 1.05. The van der Waals surface area contributed by atoms with E-state index in [9.17, 15) is 19.5 Å². The molecule has 0 aliphatic rings. The summed E-state index contributed by atoms with van der Waals surface area (Å²) in [6, 6.07) is 22.1. The number of carboxylic acid groups (broad SMARTS) is 1. The number of thiophene rings is 1. The number of carbonyl (C=O) groups is 3. The molecule has 2 N–H and O–H groups in total. The number of benzene rings is 3. The van der Waals surface area contributed by atoms with Gasteiger partial charge in [0, 0.05) is 34.4 Å². The number of imide groups is 1. The van der Waals surface area contributed by atoms with Crippen LogP contribution in [-0.4, -0.2) is 40.5 Å². The quantitative estimate of drug-likeness (QED) is 0.319. The zero-order valence-corrected chi connectivity index (χ0v) is 21.1. The van der Waals surface area contributed by atoms with Crippen molar-refractivity contribution in [2.24, 2.45) is 0 Å². The first-order chi connectivity index (χ1) is 18.0. The monoisotopic (exact) mass is 510 g/mol. The van der Waals surface area contributed by atoms with E-state index < -0.39 is 23.9 Å². The maximum absolute atomic E-state index is 13.3. The van der Waals surface area contributed by atoms with Gasteiger partial charge in [-0.15, -0.1) is 11.3 Å². The smallest absolute Gasteiger partial charge is 0.326 e. The van der Waals surface area contributed by atoms with Crippen LogP contribution in [0.25, 0.3) is 10.1 Å². The van der Waals surface area contributed by atoms with E-state index in [2.05, 4.69) is 17.2 Å². The van der Waals surface area contributed by atoms with Crippen LogP contribution >= 0.6 is 11.3 Å². The molecule has 1 aromatic heterocycles. The molecular weight excluding hydrogens is 484 g/mol. The number of amides is 3. The number of aliphatic carboxylic acids is 1. The molecule has 0 aliphatic heterocycles. The molecule has 1 heterocycles. The van der Waals surface area contributed by atoms with Gasteiger partial charge in [-0.1, -0.05) is 61.2 Å². The van der Waals surface area contributed by atoms with Crippen LogP contribution in [0.1, 0.15) is 40.4 Å². The molecule has 0 radical (unpaired) electrons. The van der Waals surface area contributed by atoms with E-state index in [1.54, 1.807) is 24.3 Å². The predicted octanol–water partition coefficient (Wildman–Crippen LogP) is 5.56. The highest BCUT2D eigenvalue weighted by Gasteiger charge is 2.28. The SMILES string of the molecule is CCCN(C(=O)N[C@@H](Cc1csc2ccccc12)C(=O)O)C(=O)c1cccc(C#Cc2ccccc2)c1. The van der Waals surface area contributed by atoms with E-state index in [4.69, 9.17) is 0 Å². The number of nitrogens with one attached hydrogen (secondary N) is 1. The minimum Gasteiger partial charge on any atom is -0.480 e. The van der Waals surface area contributed by atoms with Crippen molar-refractivity contribution >= 4 is 39.3 Å². The second-order valence-corrected chi connectivity index (χ2v) is 9.37. The Balaban J connectivity index is 1.52. The molecule has 37 heavy (non-hydrogen) atoms. The zero-order valence-electron chi connectivity index (χ0n) is 20.3. The minimum atomic E-state index is -1.18. The molecular formula is C30H26N2O4S. The molecule has 3 amide bonds. The Morgan fingerprint density at radius 2 is 1.65 bits per heavy atom. The van der Waals surface area contributed by atoms with Crippen LogP contribution in [-0.2, 0) is 11.2 Å². The second-order valence-electron chi connectivity index (χ2n) is 8.46. The number of hydrogen-bond acceptors (Lipinski definition) is 4. The lowest BCUT2D eigenvalue weighted by molar-refractivity contribution is -0.139. The maximum atomic E-state index is 13.3. The highest BCUT2D eigenvalue weighted by atomic mass is 32.1. The van der Waals surface area contributed by atoms with Crippen LogP contribution in [0.15, 0.2) is 84.2 Å². The molecule has 0 saturated heterocycles. The number of carbonyl (C=O) groups excluding carboxylic acids is 2. The molecule has 1 atom stereocenters. The predicted molar refractivity (Wildman–Crippen MR) is 146 cm³/mol. The molecule has 186 valence electrons. The highest BCUT2D eigenvalue weighted by Crippen LogP contribution is 2.26. The molecule has 0 fully saturated rings. The van der Waals surface area contributed by atoms with Gasteiger partial charge >= 0.3 is 12.0 Å². The molecule has 3 aromatic carbocycles. The fourth-order valence-electron chi connectivity index (χ4n) is 3.91. The van der Waals surface area contributed by atoms with Gasteiger partial charge in [-0.25, -0.2) is 9.59 Å². The summed E-state index contributed by atoms with van der Waals surface area (Å²) in [5, 5.41) is 15.2. The average Bonchev–Trinajstić information content (AvgIpc) is 3.33. The number of hydrogen-bond donors (Lipinski definition) is 2. The average molecular weight is 511 g/mol. The first-order valence-electron chi connectivity index (χ1n) is 11.9. The van der Waals surface area contributed by atoms with Gasteiger partial charge in [0.2, 0.25) is 0 Å². The third-order valence-corrected chi connectivity index (χ3v) is 6.77. The zero-order chi connectivity index (χ0) is 26.2. The third kappa shape index (κ3) is 6.43. The molecule has 7 heteroatoms. The van der Waals surface area contributed by atoms with E-state index in [-0.39, 0.29) is 13.0 Å². The van der Waals surface area contributed by atoms with Crippen LogP contribution < -0.4 is 5.32 Å². The second kappa shape index (κ2) is 12.0. The summed E-state index contributed by atoms with van der Waals surface area (Å²) in [5.74, 6) is 4.43. The number of fused-ring (bicyclic) bond motifs is 1. The van der Waals surface area contributed by atoms with Crippen molar-refractivity contribution < 1.29 is 19.5 Å². The van der Waals surface area contributed by atoms with Gasteiger partial charge < -0.3 is 10.4 Å². The van der Waals surface area contributed by atoms with Crippen molar-refractivity contribution in [2.75, 3.05) is 6.54 Å². The van der Waals surface area contributed by atoms with Crippen LogP contribution in [0.3, 0.4) is 0 Å². The number of carboxylic acids is 1. The summed E-state index contributed by atoms with van der Waals surface area (Å²) in [4.78, 5) is 39.6. The lowest BCUT2D eigenvalue weighted by atomic mass is 10.1. The van der Waals surface area contributed by atoms with E-state index in [0.29, 0.717) is 17.5 Å². The molecule has 4 rings (SSSR count). The van der Waals surface area contributed by atoms with Crippen molar-refractivity contribution in [3.63, 3.8) is 0 Å². The van der Waals surface area contributed by atoms with Gasteiger partial charge in [0.1, 0.15) is 6.04 Å². The van der Waals surface area contributed by atoms with E-state index >= 15 is 0 Å². The molecule has 0 unspecified atom stereocenters. The highest BCUT2D eigenvalue weighted by molar-refractivity contribution is 7.17. The largest absolute Gasteiger partial charge is 0.480 e.